The molecule has 0 aliphatic carbocycles. The van der Waals surface area contributed by atoms with E-state index in [0.717, 1.165) is 5.56 Å². The van der Waals surface area contributed by atoms with E-state index in [1.165, 1.54) is 12.1 Å². The molecule has 1 fully saturated rings. The molecule has 3 N–H and O–H groups in total. The van der Waals surface area contributed by atoms with E-state index in [0.29, 0.717) is 10.6 Å². The second-order valence-corrected chi connectivity index (χ2v) is 6.88. The fraction of sp³-hybridized carbons (Fsp3) is 0.263. The molecule has 1 saturated heterocycles. The van der Waals surface area contributed by atoms with Crippen LogP contribution in [-0.4, -0.2) is 40.0 Å². The number of aromatic hydroxyl groups is 2. The first-order valence-corrected chi connectivity index (χ1v) is 8.50. The van der Waals surface area contributed by atoms with Crippen molar-refractivity contribution in [3.63, 3.8) is 0 Å². The molecule has 7 heteroatoms. The minimum Gasteiger partial charge on any atom is -0.504 e. The van der Waals surface area contributed by atoms with Gasteiger partial charge in [0.15, 0.2) is 11.5 Å². The van der Waals surface area contributed by atoms with E-state index >= 15 is 0 Å². The van der Waals surface area contributed by atoms with Crippen molar-refractivity contribution >= 4 is 23.4 Å². The van der Waals surface area contributed by atoms with Crippen LogP contribution in [0.15, 0.2) is 36.4 Å². The second kappa shape index (κ2) is 6.88. The largest absolute Gasteiger partial charge is 0.504 e. The third-order valence-corrected chi connectivity index (χ3v) is 4.93. The maximum absolute atomic E-state index is 12.7. The van der Waals surface area contributed by atoms with E-state index in [1.54, 1.807) is 31.0 Å². The molecule has 1 aliphatic heterocycles. The standard InChI is InChI=1S/C19H19ClN2O4/c1-10-7-15(23)16(24)8-13(10)19(26)21-14-9-17(25)22(2)18(14)11-3-5-12(20)6-4-11/h3-8,14,18,23-24H,9H2,1-2H3,(H,21,26)/t14-,18+/m0/s1. The van der Waals surface area contributed by atoms with E-state index in [1.807, 2.05) is 12.1 Å². The molecule has 2 aromatic carbocycles. The zero-order chi connectivity index (χ0) is 19.0. The lowest BCUT2D eigenvalue weighted by Crippen LogP contribution is -2.39. The van der Waals surface area contributed by atoms with Crippen LogP contribution in [0, 0.1) is 6.92 Å². The average Bonchev–Trinajstić information content (AvgIpc) is 2.86. The number of hydrogen-bond donors (Lipinski definition) is 3. The molecular formula is C19H19ClN2O4. The van der Waals surface area contributed by atoms with Crippen molar-refractivity contribution in [2.45, 2.75) is 25.4 Å². The topological polar surface area (TPSA) is 89.9 Å². The summed E-state index contributed by atoms with van der Waals surface area (Å²) < 4.78 is 0. The molecule has 0 bridgehead atoms. The summed E-state index contributed by atoms with van der Waals surface area (Å²) in [6.45, 7) is 1.66. The number of likely N-dealkylation sites (N-methyl/N-ethyl adjacent to an activating group) is 1. The Labute approximate surface area is 156 Å². The average molecular weight is 375 g/mol. The number of carbonyl (C=O) groups is 2. The van der Waals surface area contributed by atoms with Crippen LogP contribution >= 0.6 is 11.6 Å². The maximum Gasteiger partial charge on any atom is 0.252 e. The van der Waals surface area contributed by atoms with Crippen LogP contribution in [-0.2, 0) is 4.79 Å². The third kappa shape index (κ3) is 3.32. The van der Waals surface area contributed by atoms with Crippen molar-refractivity contribution in [2.24, 2.45) is 0 Å². The summed E-state index contributed by atoms with van der Waals surface area (Å²) in [5.74, 6) is -1.13. The Hall–Kier alpha value is -2.73. The fourth-order valence-electron chi connectivity index (χ4n) is 3.29. The van der Waals surface area contributed by atoms with Crippen molar-refractivity contribution in [1.82, 2.24) is 10.2 Å². The summed E-state index contributed by atoms with van der Waals surface area (Å²) in [5.41, 5.74) is 1.65. The SMILES string of the molecule is Cc1cc(O)c(O)cc1C(=O)N[C@H]1CC(=O)N(C)[C@@H]1c1ccc(Cl)cc1. The van der Waals surface area contributed by atoms with Gasteiger partial charge in [0, 0.05) is 24.1 Å². The van der Waals surface area contributed by atoms with Crippen molar-refractivity contribution in [3.05, 3.63) is 58.1 Å². The summed E-state index contributed by atoms with van der Waals surface area (Å²) >= 11 is 5.93. The predicted molar refractivity (Wildman–Crippen MR) is 97.3 cm³/mol. The number of hydrogen-bond acceptors (Lipinski definition) is 4. The monoisotopic (exact) mass is 374 g/mol. The Kier molecular flexibility index (Phi) is 4.78. The van der Waals surface area contributed by atoms with Crippen molar-refractivity contribution in [3.8, 4) is 11.5 Å². The van der Waals surface area contributed by atoms with Gasteiger partial charge in [-0.2, -0.15) is 0 Å². The summed E-state index contributed by atoms with van der Waals surface area (Å²) in [5, 5.41) is 22.7. The van der Waals surface area contributed by atoms with Gasteiger partial charge in [-0.15, -0.1) is 0 Å². The van der Waals surface area contributed by atoms with Gasteiger partial charge in [0.05, 0.1) is 12.1 Å². The Morgan fingerprint density at radius 3 is 2.46 bits per heavy atom. The molecule has 0 unspecified atom stereocenters. The number of amides is 2. The molecule has 2 amide bonds. The zero-order valence-electron chi connectivity index (χ0n) is 14.4. The van der Waals surface area contributed by atoms with Gasteiger partial charge in [-0.1, -0.05) is 23.7 Å². The van der Waals surface area contributed by atoms with E-state index in [2.05, 4.69) is 5.32 Å². The second-order valence-electron chi connectivity index (χ2n) is 6.44. The molecule has 1 aliphatic rings. The summed E-state index contributed by atoms with van der Waals surface area (Å²) in [4.78, 5) is 26.5. The first-order valence-electron chi connectivity index (χ1n) is 8.12. The van der Waals surface area contributed by atoms with Crippen LogP contribution < -0.4 is 5.32 Å². The number of benzene rings is 2. The minimum atomic E-state index is -0.420. The van der Waals surface area contributed by atoms with E-state index < -0.39 is 11.9 Å². The summed E-state index contributed by atoms with van der Waals surface area (Å²) in [6.07, 6.45) is 0.179. The number of phenolic OH excluding ortho intramolecular Hbond substituents is 2. The van der Waals surface area contributed by atoms with Crippen LogP contribution in [0.3, 0.4) is 0 Å². The Morgan fingerprint density at radius 1 is 1.19 bits per heavy atom. The van der Waals surface area contributed by atoms with Gasteiger partial charge in [0.1, 0.15) is 0 Å². The van der Waals surface area contributed by atoms with Gasteiger partial charge < -0.3 is 20.4 Å². The lowest BCUT2D eigenvalue weighted by Gasteiger charge is -2.26. The van der Waals surface area contributed by atoms with Crippen molar-refractivity contribution < 1.29 is 19.8 Å². The lowest BCUT2D eigenvalue weighted by molar-refractivity contribution is -0.127. The predicted octanol–water partition coefficient (Wildman–Crippen LogP) is 2.76. The maximum atomic E-state index is 12.7. The first-order chi connectivity index (χ1) is 12.3. The Bertz CT molecular complexity index is 867. The quantitative estimate of drug-likeness (QED) is 0.720. The van der Waals surface area contributed by atoms with Gasteiger partial charge in [0.25, 0.3) is 5.91 Å². The number of aryl methyl sites for hydroxylation is 1. The number of phenols is 2. The molecule has 0 saturated carbocycles. The van der Waals surface area contributed by atoms with Crippen LogP contribution in [0.25, 0.3) is 0 Å². The highest BCUT2D eigenvalue weighted by Crippen LogP contribution is 2.33. The van der Waals surface area contributed by atoms with Crippen LogP contribution in [0.5, 0.6) is 11.5 Å². The summed E-state index contributed by atoms with van der Waals surface area (Å²) in [7, 11) is 1.70. The van der Waals surface area contributed by atoms with E-state index in [9.17, 15) is 19.8 Å². The number of nitrogens with one attached hydrogen (secondary N) is 1. The first kappa shape index (κ1) is 18.1. The molecule has 2 aromatic rings. The molecule has 136 valence electrons. The molecule has 1 heterocycles. The Balaban J connectivity index is 1.87. The van der Waals surface area contributed by atoms with Crippen LogP contribution in [0.1, 0.15) is 33.9 Å². The molecule has 0 aromatic heterocycles. The smallest absolute Gasteiger partial charge is 0.252 e. The van der Waals surface area contributed by atoms with Crippen molar-refractivity contribution in [2.75, 3.05) is 7.05 Å². The highest BCUT2D eigenvalue weighted by Gasteiger charge is 2.39. The number of carbonyl (C=O) groups excluding carboxylic acids is 2. The van der Waals surface area contributed by atoms with Crippen molar-refractivity contribution in [1.29, 1.82) is 0 Å². The number of rotatable bonds is 3. The van der Waals surface area contributed by atoms with Crippen LogP contribution in [0.4, 0.5) is 0 Å². The molecule has 0 radical (unpaired) electrons. The van der Waals surface area contributed by atoms with Gasteiger partial charge in [-0.25, -0.2) is 0 Å². The molecule has 0 spiro atoms. The highest BCUT2D eigenvalue weighted by molar-refractivity contribution is 6.30. The molecule has 2 atom stereocenters. The Morgan fingerprint density at radius 2 is 1.81 bits per heavy atom. The van der Waals surface area contributed by atoms with Crippen LogP contribution in [0.2, 0.25) is 5.02 Å². The fourth-order valence-corrected chi connectivity index (χ4v) is 3.41. The lowest BCUT2D eigenvalue weighted by atomic mass is 9.99. The highest BCUT2D eigenvalue weighted by atomic mass is 35.5. The van der Waals surface area contributed by atoms with E-state index in [4.69, 9.17) is 11.6 Å². The van der Waals surface area contributed by atoms with E-state index in [-0.39, 0.29) is 35.4 Å². The van der Waals surface area contributed by atoms with Gasteiger partial charge in [-0.05, 0) is 42.3 Å². The minimum absolute atomic E-state index is 0.0690. The van der Waals surface area contributed by atoms with Gasteiger partial charge >= 0.3 is 0 Å². The number of nitrogens with zero attached hydrogens (tertiary/aromatic N) is 1. The number of halogens is 1. The molecular weight excluding hydrogens is 356 g/mol. The zero-order valence-corrected chi connectivity index (χ0v) is 15.1. The normalized spacial score (nSPS) is 19.7. The molecule has 3 rings (SSSR count). The third-order valence-electron chi connectivity index (χ3n) is 4.68. The number of likely N-dealkylation sites (tertiary alicyclic amines) is 1. The van der Waals surface area contributed by atoms with Gasteiger partial charge in [0.2, 0.25) is 5.91 Å². The van der Waals surface area contributed by atoms with Gasteiger partial charge in [-0.3, -0.25) is 9.59 Å². The molecule has 26 heavy (non-hydrogen) atoms. The summed E-state index contributed by atoms with van der Waals surface area (Å²) in [6, 6.07) is 8.97. The molecule has 6 nitrogen and oxygen atoms in total.